The van der Waals surface area contributed by atoms with Crippen molar-refractivity contribution in [2.75, 3.05) is 11.5 Å². The first-order chi connectivity index (χ1) is 7.25. The highest BCUT2D eigenvalue weighted by atomic mass is 16.7. The van der Waals surface area contributed by atoms with Crippen LogP contribution < -0.4 is 16.3 Å². The van der Waals surface area contributed by atoms with Crippen molar-refractivity contribution < 1.29 is 4.84 Å². The molecule has 0 aliphatic heterocycles. The standard InChI is InChI=1S/C11H13N3O/c12-10-6-14(7-11(10)13)15-8-9-4-2-1-3-5-9/h1-7H,8,12-13H2. The zero-order chi connectivity index (χ0) is 10.7. The van der Waals surface area contributed by atoms with E-state index in [0.717, 1.165) is 5.56 Å². The summed E-state index contributed by atoms with van der Waals surface area (Å²) in [6.07, 6.45) is 3.30. The summed E-state index contributed by atoms with van der Waals surface area (Å²) in [5.41, 5.74) is 13.3. The van der Waals surface area contributed by atoms with Crippen LogP contribution in [0.2, 0.25) is 0 Å². The van der Waals surface area contributed by atoms with E-state index >= 15 is 0 Å². The Bertz CT molecular complexity index is 417. The molecule has 15 heavy (non-hydrogen) atoms. The Labute approximate surface area is 88.0 Å². The summed E-state index contributed by atoms with van der Waals surface area (Å²) >= 11 is 0. The average molecular weight is 203 g/mol. The highest BCUT2D eigenvalue weighted by Gasteiger charge is 1.99. The topological polar surface area (TPSA) is 66.2 Å². The number of nitrogen functional groups attached to an aromatic ring is 2. The lowest BCUT2D eigenvalue weighted by Gasteiger charge is -2.05. The van der Waals surface area contributed by atoms with Crippen molar-refractivity contribution in [3.8, 4) is 0 Å². The van der Waals surface area contributed by atoms with E-state index in [4.69, 9.17) is 16.3 Å². The predicted molar refractivity (Wildman–Crippen MR) is 60.0 cm³/mol. The van der Waals surface area contributed by atoms with Gasteiger partial charge in [-0.05, 0) is 5.56 Å². The molecular formula is C11H13N3O. The first-order valence-corrected chi connectivity index (χ1v) is 4.66. The van der Waals surface area contributed by atoms with Gasteiger partial charge in [0, 0.05) is 0 Å². The summed E-state index contributed by atoms with van der Waals surface area (Å²) in [7, 11) is 0. The van der Waals surface area contributed by atoms with Crippen LogP contribution in [0.5, 0.6) is 0 Å². The van der Waals surface area contributed by atoms with Gasteiger partial charge in [0.1, 0.15) is 6.61 Å². The molecule has 0 aliphatic rings. The van der Waals surface area contributed by atoms with Crippen LogP contribution in [0.25, 0.3) is 0 Å². The third-order valence-electron chi connectivity index (χ3n) is 2.09. The summed E-state index contributed by atoms with van der Waals surface area (Å²) in [5, 5.41) is 0. The van der Waals surface area contributed by atoms with Gasteiger partial charge in [0.15, 0.2) is 0 Å². The second kappa shape index (κ2) is 3.96. The Morgan fingerprint density at radius 3 is 2.20 bits per heavy atom. The number of hydrogen-bond acceptors (Lipinski definition) is 3. The quantitative estimate of drug-likeness (QED) is 0.789. The highest BCUT2D eigenvalue weighted by Crippen LogP contribution is 2.13. The van der Waals surface area contributed by atoms with E-state index in [1.807, 2.05) is 30.3 Å². The van der Waals surface area contributed by atoms with E-state index in [-0.39, 0.29) is 0 Å². The molecule has 4 nitrogen and oxygen atoms in total. The molecule has 0 fully saturated rings. The number of hydrogen-bond donors (Lipinski definition) is 2. The minimum atomic E-state index is 0.494. The molecule has 0 saturated carbocycles. The molecule has 1 aromatic heterocycles. The summed E-state index contributed by atoms with van der Waals surface area (Å²) in [4.78, 5) is 5.45. The van der Waals surface area contributed by atoms with E-state index in [1.54, 1.807) is 12.4 Å². The van der Waals surface area contributed by atoms with Crippen LogP contribution in [0.4, 0.5) is 11.4 Å². The van der Waals surface area contributed by atoms with Crippen LogP contribution in [-0.2, 0) is 6.61 Å². The van der Waals surface area contributed by atoms with Crippen molar-refractivity contribution in [1.29, 1.82) is 0 Å². The Balaban J connectivity index is 1.99. The fourth-order valence-electron chi connectivity index (χ4n) is 1.26. The summed E-state index contributed by atoms with van der Waals surface area (Å²) < 4.78 is 1.53. The normalized spacial score (nSPS) is 10.1. The monoisotopic (exact) mass is 203 g/mol. The maximum atomic E-state index is 5.58. The van der Waals surface area contributed by atoms with Gasteiger partial charge in [0.25, 0.3) is 0 Å². The first kappa shape index (κ1) is 9.45. The van der Waals surface area contributed by atoms with Gasteiger partial charge in [0.05, 0.1) is 23.8 Å². The number of rotatable bonds is 3. The lowest BCUT2D eigenvalue weighted by atomic mass is 10.2. The summed E-state index contributed by atoms with van der Waals surface area (Å²) in [6.45, 7) is 0.494. The number of aromatic nitrogens is 1. The minimum absolute atomic E-state index is 0.494. The van der Waals surface area contributed by atoms with Crippen molar-refractivity contribution in [1.82, 2.24) is 4.73 Å². The second-order valence-electron chi connectivity index (χ2n) is 3.29. The van der Waals surface area contributed by atoms with Gasteiger partial charge >= 0.3 is 0 Å². The van der Waals surface area contributed by atoms with E-state index in [9.17, 15) is 0 Å². The van der Waals surface area contributed by atoms with Crippen molar-refractivity contribution in [3.63, 3.8) is 0 Å². The molecule has 0 atom stereocenters. The van der Waals surface area contributed by atoms with Gasteiger partial charge < -0.3 is 16.3 Å². The molecule has 0 unspecified atom stereocenters. The molecule has 0 amide bonds. The smallest absolute Gasteiger partial charge is 0.140 e. The molecule has 4 N–H and O–H groups in total. The molecule has 4 heteroatoms. The van der Waals surface area contributed by atoms with Crippen molar-refractivity contribution >= 4 is 11.4 Å². The van der Waals surface area contributed by atoms with E-state index in [1.165, 1.54) is 4.73 Å². The largest absolute Gasteiger partial charge is 0.409 e. The van der Waals surface area contributed by atoms with Gasteiger partial charge in [-0.2, -0.15) is 4.73 Å². The maximum Gasteiger partial charge on any atom is 0.140 e. The van der Waals surface area contributed by atoms with Crippen LogP contribution in [0.15, 0.2) is 42.7 Å². The molecule has 0 spiro atoms. The maximum absolute atomic E-state index is 5.58. The molecule has 1 aromatic carbocycles. The summed E-state index contributed by atoms with van der Waals surface area (Å²) in [5.74, 6) is 0. The van der Waals surface area contributed by atoms with Crippen LogP contribution >= 0.6 is 0 Å². The molecule has 0 radical (unpaired) electrons. The van der Waals surface area contributed by atoms with Crippen molar-refractivity contribution in [2.45, 2.75) is 6.61 Å². The van der Waals surface area contributed by atoms with E-state index in [2.05, 4.69) is 0 Å². The Hall–Kier alpha value is -2.10. The second-order valence-corrected chi connectivity index (χ2v) is 3.29. The third kappa shape index (κ3) is 2.22. The summed E-state index contributed by atoms with van der Waals surface area (Å²) in [6, 6.07) is 9.90. The Kier molecular flexibility index (Phi) is 2.49. The fraction of sp³-hybridized carbons (Fsp3) is 0.0909. The lowest BCUT2D eigenvalue weighted by molar-refractivity contribution is 0.0985. The number of anilines is 2. The van der Waals surface area contributed by atoms with Crippen LogP contribution in [0.3, 0.4) is 0 Å². The molecule has 0 bridgehead atoms. The molecule has 0 saturated heterocycles. The Morgan fingerprint density at radius 1 is 1.00 bits per heavy atom. The molecule has 1 heterocycles. The molecule has 78 valence electrons. The number of nitrogens with two attached hydrogens (primary N) is 2. The van der Waals surface area contributed by atoms with Crippen molar-refractivity contribution in [3.05, 3.63) is 48.3 Å². The van der Waals surface area contributed by atoms with Crippen LogP contribution in [0.1, 0.15) is 5.56 Å². The molecule has 2 rings (SSSR count). The predicted octanol–water partition coefficient (Wildman–Crippen LogP) is 1.28. The fourth-order valence-corrected chi connectivity index (χ4v) is 1.26. The number of benzene rings is 1. The zero-order valence-corrected chi connectivity index (χ0v) is 8.26. The van der Waals surface area contributed by atoms with E-state index < -0.39 is 0 Å². The highest BCUT2D eigenvalue weighted by molar-refractivity contribution is 5.61. The van der Waals surface area contributed by atoms with E-state index in [0.29, 0.717) is 18.0 Å². The SMILES string of the molecule is Nc1cn(OCc2ccccc2)cc1N. The Morgan fingerprint density at radius 2 is 1.60 bits per heavy atom. The number of nitrogens with zero attached hydrogens (tertiary/aromatic N) is 1. The minimum Gasteiger partial charge on any atom is -0.409 e. The van der Waals surface area contributed by atoms with Crippen molar-refractivity contribution in [2.24, 2.45) is 0 Å². The van der Waals surface area contributed by atoms with Gasteiger partial charge in [-0.25, -0.2) is 0 Å². The van der Waals surface area contributed by atoms with Gasteiger partial charge in [-0.3, -0.25) is 0 Å². The van der Waals surface area contributed by atoms with Crippen LogP contribution in [-0.4, -0.2) is 4.73 Å². The molecular weight excluding hydrogens is 190 g/mol. The third-order valence-corrected chi connectivity index (χ3v) is 2.09. The van der Waals surface area contributed by atoms with Gasteiger partial charge in [-0.15, -0.1) is 0 Å². The van der Waals surface area contributed by atoms with Gasteiger partial charge in [0.2, 0.25) is 0 Å². The first-order valence-electron chi connectivity index (χ1n) is 4.66. The lowest BCUT2D eigenvalue weighted by Crippen LogP contribution is -2.08. The molecule has 0 aliphatic carbocycles. The average Bonchev–Trinajstić information content (AvgIpc) is 2.57. The zero-order valence-electron chi connectivity index (χ0n) is 8.26. The van der Waals surface area contributed by atoms with Crippen LogP contribution in [0, 0.1) is 0 Å². The van der Waals surface area contributed by atoms with Gasteiger partial charge in [-0.1, -0.05) is 30.3 Å². The molecule has 2 aromatic rings.